The van der Waals surface area contributed by atoms with Gasteiger partial charge in [0.05, 0.1) is 6.20 Å². The van der Waals surface area contributed by atoms with E-state index in [2.05, 4.69) is 0 Å². The van der Waals surface area contributed by atoms with E-state index in [4.69, 9.17) is 22.3 Å². The minimum Gasteiger partial charge on any atom is -0.387 e. The first kappa shape index (κ1) is 11.5. The van der Waals surface area contributed by atoms with E-state index in [0.29, 0.717) is 0 Å². The summed E-state index contributed by atoms with van der Waals surface area (Å²) in [5.74, 6) is 5.37. The molecule has 0 rings (SSSR count). The normalized spacial score (nSPS) is 13.6. The first-order chi connectivity index (χ1) is 5.25. The Morgan fingerprint density at radius 3 is 2.25 bits per heavy atom. The first-order valence-corrected chi connectivity index (χ1v) is 5.51. The van der Waals surface area contributed by atoms with Crippen LogP contribution in [-0.4, -0.2) is 19.5 Å². The minimum absolute atomic E-state index is 0.0398. The van der Waals surface area contributed by atoms with Crippen LogP contribution >= 0.6 is 10.7 Å². The fourth-order valence-corrected chi connectivity index (χ4v) is 0.726. The highest BCUT2D eigenvalue weighted by molar-refractivity contribution is 8.16. The maximum absolute atomic E-state index is 10.6. The molecule has 7 heteroatoms. The Balaban J connectivity index is 4.59. The van der Waals surface area contributed by atoms with Gasteiger partial charge in [0.1, 0.15) is 0 Å². The Hall–Kier alpha value is -0.460. The first-order valence-electron chi connectivity index (χ1n) is 3.20. The smallest absolute Gasteiger partial charge is 0.277 e. The lowest BCUT2D eigenvalue weighted by Crippen LogP contribution is -2.33. The van der Waals surface area contributed by atoms with E-state index in [1.54, 1.807) is 13.8 Å². The molecule has 0 heterocycles. The topological polar surface area (TPSA) is 89.4 Å². The minimum atomic E-state index is -3.84. The molecule has 0 spiro atoms. The molecule has 72 valence electrons. The molecule has 0 bridgehead atoms. The van der Waals surface area contributed by atoms with Crippen LogP contribution in [-0.2, 0) is 9.05 Å². The van der Waals surface area contributed by atoms with Crippen molar-refractivity contribution in [2.75, 3.05) is 0 Å². The molecular formula is C5H12ClN3O2S. The summed E-state index contributed by atoms with van der Waals surface area (Å²) in [5, 5.41) is 0.704. The fourth-order valence-electron chi connectivity index (χ4n) is 0.359. The Morgan fingerprint density at radius 2 is 2.00 bits per heavy atom. The van der Waals surface area contributed by atoms with Gasteiger partial charge in [0.25, 0.3) is 9.05 Å². The van der Waals surface area contributed by atoms with Crippen LogP contribution in [0.5, 0.6) is 0 Å². The van der Waals surface area contributed by atoms with E-state index < -0.39 is 14.1 Å². The number of hydrazine groups is 1. The van der Waals surface area contributed by atoms with Crippen LogP contribution < -0.4 is 11.6 Å². The number of hydrogen-bond acceptors (Lipinski definition) is 5. The van der Waals surface area contributed by atoms with Gasteiger partial charge in [-0.05, 0) is 13.8 Å². The van der Waals surface area contributed by atoms with E-state index >= 15 is 0 Å². The second-order valence-electron chi connectivity index (χ2n) is 2.51. The van der Waals surface area contributed by atoms with Crippen molar-refractivity contribution < 1.29 is 8.42 Å². The van der Waals surface area contributed by atoms with Crippen molar-refractivity contribution in [2.45, 2.75) is 19.9 Å². The summed E-state index contributed by atoms with van der Waals surface area (Å²) in [6, 6.07) is -0.0398. The molecular weight excluding hydrogens is 202 g/mol. The van der Waals surface area contributed by atoms with Gasteiger partial charge in [-0.3, -0.25) is 0 Å². The van der Waals surface area contributed by atoms with Gasteiger partial charge in [-0.15, -0.1) is 0 Å². The molecule has 5 nitrogen and oxygen atoms in total. The Kier molecular flexibility index (Phi) is 3.82. The third-order valence-electron chi connectivity index (χ3n) is 1.15. The zero-order chi connectivity index (χ0) is 9.94. The van der Waals surface area contributed by atoms with Gasteiger partial charge in [0, 0.05) is 16.7 Å². The molecule has 0 unspecified atom stereocenters. The van der Waals surface area contributed by atoms with Crippen molar-refractivity contribution in [2.24, 2.45) is 11.6 Å². The highest BCUT2D eigenvalue weighted by Gasteiger charge is 2.11. The van der Waals surface area contributed by atoms with E-state index in [1.807, 2.05) is 0 Å². The maximum atomic E-state index is 10.6. The molecule has 0 aromatic heterocycles. The molecule has 0 aliphatic heterocycles. The van der Waals surface area contributed by atoms with Crippen LogP contribution in [0.2, 0.25) is 0 Å². The van der Waals surface area contributed by atoms with Crippen molar-refractivity contribution in [1.82, 2.24) is 5.01 Å². The van der Waals surface area contributed by atoms with E-state index in [-0.39, 0.29) is 6.04 Å². The number of halogens is 1. The molecule has 0 radical (unpaired) electrons. The Labute approximate surface area is 76.4 Å². The molecule has 0 aromatic carbocycles. The maximum Gasteiger partial charge on any atom is 0.277 e. The monoisotopic (exact) mass is 213 g/mol. The summed E-state index contributed by atoms with van der Waals surface area (Å²) < 4.78 is 21.2. The van der Waals surface area contributed by atoms with Crippen molar-refractivity contribution in [3.8, 4) is 0 Å². The van der Waals surface area contributed by atoms with Gasteiger partial charge < -0.3 is 10.7 Å². The number of rotatable bonds is 3. The molecule has 0 saturated carbocycles. The van der Waals surface area contributed by atoms with Crippen molar-refractivity contribution in [1.29, 1.82) is 0 Å². The zero-order valence-corrected chi connectivity index (χ0v) is 8.43. The van der Waals surface area contributed by atoms with Crippen LogP contribution in [0.3, 0.4) is 0 Å². The summed E-state index contributed by atoms with van der Waals surface area (Å²) in [4.78, 5) is 0. The van der Waals surface area contributed by atoms with Crippen molar-refractivity contribution >= 4 is 19.7 Å². The summed E-state index contributed by atoms with van der Waals surface area (Å²) in [6.45, 7) is 3.56. The number of nitrogens with two attached hydrogens (primary N) is 2. The van der Waals surface area contributed by atoms with Crippen LogP contribution in [0.1, 0.15) is 13.8 Å². The van der Waals surface area contributed by atoms with Crippen LogP contribution in [0.25, 0.3) is 0 Å². The molecule has 0 fully saturated rings. The highest BCUT2D eigenvalue weighted by Crippen LogP contribution is 2.06. The number of hydrogen-bond donors (Lipinski definition) is 2. The Bertz CT molecular complexity index is 272. The SMILES string of the molecule is CC(C)N(N)/C=C(\N)S(=O)(=O)Cl. The second-order valence-corrected chi connectivity index (χ2v) is 5.08. The van der Waals surface area contributed by atoms with Gasteiger partial charge in [0.2, 0.25) is 0 Å². The van der Waals surface area contributed by atoms with Crippen molar-refractivity contribution in [3.63, 3.8) is 0 Å². The standard InChI is InChI=1S/C5H12ClN3O2S/c1-4(2)9(8)3-5(7)12(6,10)11/h3-4H,7-8H2,1-2H3/b5-3+. The molecule has 0 atom stereocenters. The molecule has 4 N–H and O–H groups in total. The molecule has 0 aliphatic rings. The third-order valence-corrected chi connectivity index (χ3v) is 2.36. The summed E-state index contributed by atoms with van der Waals surface area (Å²) >= 11 is 0. The molecule has 0 amide bonds. The van der Waals surface area contributed by atoms with Crippen LogP contribution in [0, 0.1) is 0 Å². The average Bonchev–Trinajstić information content (AvgIpc) is 1.85. The highest BCUT2D eigenvalue weighted by atomic mass is 35.7. The average molecular weight is 214 g/mol. The lowest BCUT2D eigenvalue weighted by molar-refractivity contribution is 0.321. The molecule has 0 aliphatic carbocycles. The summed E-state index contributed by atoms with van der Waals surface area (Å²) in [5.41, 5.74) is 5.11. The lowest BCUT2D eigenvalue weighted by Gasteiger charge is -2.18. The van der Waals surface area contributed by atoms with Crippen LogP contribution in [0.4, 0.5) is 0 Å². The predicted octanol–water partition coefficient (Wildman–Crippen LogP) is -0.103. The second kappa shape index (κ2) is 3.97. The van der Waals surface area contributed by atoms with Gasteiger partial charge >= 0.3 is 0 Å². The Morgan fingerprint density at radius 1 is 1.58 bits per heavy atom. The molecule has 12 heavy (non-hydrogen) atoms. The summed E-state index contributed by atoms with van der Waals surface area (Å²) in [7, 11) is 1.09. The lowest BCUT2D eigenvalue weighted by atomic mass is 10.4. The van der Waals surface area contributed by atoms with E-state index in [1.165, 1.54) is 0 Å². The fraction of sp³-hybridized carbons (Fsp3) is 0.600. The van der Waals surface area contributed by atoms with Gasteiger partial charge in [-0.2, -0.15) is 0 Å². The van der Waals surface area contributed by atoms with E-state index in [9.17, 15) is 8.42 Å². The van der Waals surface area contributed by atoms with Crippen LogP contribution in [0.15, 0.2) is 11.2 Å². The van der Waals surface area contributed by atoms with Gasteiger partial charge in [-0.25, -0.2) is 14.3 Å². The quantitative estimate of drug-likeness (QED) is 0.388. The third kappa shape index (κ3) is 3.80. The zero-order valence-electron chi connectivity index (χ0n) is 6.86. The number of nitrogens with zero attached hydrogens (tertiary/aromatic N) is 1. The van der Waals surface area contributed by atoms with Gasteiger partial charge in [0.15, 0.2) is 5.03 Å². The molecule has 0 aromatic rings. The van der Waals surface area contributed by atoms with Gasteiger partial charge in [-0.1, -0.05) is 0 Å². The largest absolute Gasteiger partial charge is 0.387 e. The summed E-state index contributed by atoms with van der Waals surface area (Å²) in [6.07, 6.45) is 1.08. The predicted molar refractivity (Wildman–Crippen MR) is 48.2 cm³/mol. The van der Waals surface area contributed by atoms with E-state index in [0.717, 1.165) is 11.2 Å². The molecule has 0 saturated heterocycles. The van der Waals surface area contributed by atoms with Crippen molar-refractivity contribution in [3.05, 3.63) is 11.2 Å².